The summed E-state index contributed by atoms with van der Waals surface area (Å²) in [6.45, 7) is 4.39. The molecule has 1 aromatic heterocycles. The van der Waals surface area contributed by atoms with Crippen LogP contribution in [0, 0.1) is 5.92 Å². The Morgan fingerprint density at radius 3 is 2.57 bits per heavy atom. The van der Waals surface area contributed by atoms with Crippen LogP contribution in [0.4, 0.5) is 5.82 Å². The molecule has 2 heterocycles. The van der Waals surface area contributed by atoms with Gasteiger partial charge in [0.2, 0.25) is 0 Å². The van der Waals surface area contributed by atoms with Crippen molar-refractivity contribution >= 4 is 5.82 Å². The standard InChI is InChI=1S/C19H25N3O/c1-23-18-7-5-17(6-8-18)15-22-12-9-16(10-13-22)14-21-19-4-2-3-11-20-19/h2-8,11,16H,9-10,12-15H2,1H3,(H,20,21). The zero-order chi connectivity index (χ0) is 15.9. The van der Waals surface area contributed by atoms with Gasteiger partial charge >= 0.3 is 0 Å². The Labute approximate surface area is 138 Å². The summed E-state index contributed by atoms with van der Waals surface area (Å²) < 4.78 is 5.21. The lowest BCUT2D eigenvalue weighted by molar-refractivity contribution is 0.182. The topological polar surface area (TPSA) is 37.4 Å². The van der Waals surface area contributed by atoms with Gasteiger partial charge in [-0.3, -0.25) is 4.90 Å². The highest BCUT2D eigenvalue weighted by Crippen LogP contribution is 2.20. The Kier molecular flexibility index (Phi) is 5.48. The van der Waals surface area contributed by atoms with Gasteiger partial charge < -0.3 is 10.1 Å². The molecule has 0 radical (unpaired) electrons. The second kappa shape index (κ2) is 7.97. The van der Waals surface area contributed by atoms with Gasteiger partial charge in [0.1, 0.15) is 11.6 Å². The van der Waals surface area contributed by atoms with E-state index in [1.54, 1.807) is 7.11 Å². The van der Waals surface area contributed by atoms with Gasteiger partial charge in [-0.25, -0.2) is 4.98 Å². The molecule has 1 aromatic carbocycles. The average molecular weight is 311 g/mol. The quantitative estimate of drug-likeness (QED) is 0.887. The normalized spacial score (nSPS) is 16.2. The lowest BCUT2D eigenvalue weighted by Crippen LogP contribution is -2.35. The van der Waals surface area contributed by atoms with Crippen LogP contribution in [0.5, 0.6) is 5.75 Å². The lowest BCUT2D eigenvalue weighted by atomic mass is 9.96. The summed E-state index contributed by atoms with van der Waals surface area (Å²) in [6.07, 6.45) is 4.33. The summed E-state index contributed by atoms with van der Waals surface area (Å²) in [7, 11) is 1.71. The zero-order valence-electron chi connectivity index (χ0n) is 13.7. The van der Waals surface area contributed by atoms with Gasteiger partial charge in [-0.2, -0.15) is 0 Å². The summed E-state index contributed by atoms with van der Waals surface area (Å²) in [6, 6.07) is 14.4. The van der Waals surface area contributed by atoms with Crippen LogP contribution in [0.15, 0.2) is 48.7 Å². The second-order valence-electron chi connectivity index (χ2n) is 6.16. The van der Waals surface area contributed by atoms with E-state index in [0.29, 0.717) is 0 Å². The molecule has 0 saturated carbocycles. The van der Waals surface area contributed by atoms with Crippen molar-refractivity contribution in [1.82, 2.24) is 9.88 Å². The SMILES string of the molecule is COc1ccc(CN2CCC(CNc3ccccn3)CC2)cc1. The van der Waals surface area contributed by atoms with Gasteiger partial charge in [0, 0.05) is 19.3 Å². The molecule has 1 fully saturated rings. The number of hydrogen-bond acceptors (Lipinski definition) is 4. The fourth-order valence-corrected chi connectivity index (χ4v) is 3.05. The van der Waals surface area contributed by atoms with Crippen molar-refractivity contribution in [3.8, 4) is 5.75 Å². The molecule has 0 aliphatic carbocycles. The van der Waals surface area contributed by atoms with Crippen LogP contribution in [-0.4, -0.2) is 36.6 Å². The molecule has 0 unspecified atom stereocenters. The number of pyridine rings is 1. The van der Waals surface area contributed by atoms with Gasteiger partial charge in [-0.05, 0) is 61.7 Å². The minimum absolute atomic E-state index is 0.740. The van der Waals surface area contributed by atoms with E-state index < -0.39 is 0 Å². The van der Waals surface area contributed by atoms with E-state index in [0.717, 1.165) is 30.6 Å². The van der Waals surface area contributed by atoms with Gasteiger partial charge in [0.15, 0.2) is 0 Å². The first-order chi connectivity index (χ1) is 11.3. The van der Waals surface area contributed by atoms with Crippen molar-refractivity contribution in [3.63, 3.8) is 0 Å². The molecule has 3 rings (SSSR count). The Balaban J connectivity index is 1.41. The number of nitrogens with one attached hydrogen (secondary N) is 1. The number of ether oxygens (including phenoxy) is 1. The molecule has 1 saturated heterocycles. The number of likely N-dealkylation sites (tertiary alicyclic amines) is 1. The summed E-state index contributed by atoms with van der Waals surface area (Å²) in [5.41, 5.74) is 1.36. The predicted molar refractivity (Wildman–Crippen MR) is 93.7 cm³/mol. The highest BCUT2D eigenvalue weighted by atomic mass is 16.5. The lowest BCUT2D eigenvalue weighted by Gasteiger charge is -2.32. The number of anilines is 1. The number of nitrogens with zero attached hydrogens (tertiary/aromatic N) is 2. The van der Waals surface area contributed by atoms with Crippen LogP contribution in [0.25, 0.3) is 0 Å². The number of piperidine rings is 1. The second-order valence-corrected chi connectivity index (χ2v) is 6.16. The monoisotopic (exact) mass is 311 g/mol. The summed E-state index contributed by atoms with van der Waals surface area (Å²) in [5.74, 6) is 2.64. The van der Waals surface area contributed by atoms with Crippen molar-refractivity contribution in [3.05, 3.63) is 54.2 Å². The molecular weight excluding hydrogens is 286 g/mol. The fourth-order valence-electron chi connectivity index (χ4n) is 3.05. The molecule has 4 nitrogen and oxygen atoms in total. The van der Waals surface area contributed by atoms with E-state index in [2.05, 4.69) is 27.3 Å². The third kappa shape index (κ3) is 4.70. The molecular formula is C19H25N3O. The van der Waals surface area contributed by atoms with Gasteiger partial charge in [0.25, 0.3) is 0 Å². The molecule has 1 N–H and O–H groups in total. The van der Waals surface area contributed by atoms with Gasteiger partial charge in [-0.15, -0.1) is 0 Å². The third-order valence-corrected chi connectivity index (χ3v) is 4.51. The minimum atomic E-state index is 0.740. The Hall–Kier alpha value is -2.07. The zero-order valence-corrected chi connectivity index (χ0v) is 13.7. The van der Waals surface area contributed by atoms with Crippen LogP contribution in [0.3, 0.4) is 0 Å². The third-order valence-electron chi connectivity index (χ3n) is 4.51. The van der Waals surface area contributed by atoms with Crippen molar-refractivity contribution in [2.75, 3.05) is 32.1 Å². The van der Waals surface area contributed by atoms with E-state index in [4.69, 9.17) is 4.74 Å². The number of hydrogen-bond donors (Lipinski definition) is 1. The molecule has 23 heavy (non-hydrogen) atoms. The van der Waals surface area contributed by atoms with Crippen molar-refractivity contribution in [1.29, 1.82) is 0 Å². The summed E-state index contributed by atoms with van der Waals surface area (Å²) in [4.78, 5) is 6.86. The molecule has 0 bridgehead atoms. The molecule has 0 spiro atoms. The van der Waals surface area contributed by atoms with Crippen molar-refractivity contribution in [2.24, 2.45) is 5.92 Å². The van der Waals surface area contributed by atoms with E-state index >= 15 is 0 Å². The largest absolute Gasteiger partial charge is 0.497 e. The first kappa shape index (κ1) is 15.8. The first-order valence-corrected chi connectivity index (χ1v) is 8.33. The van der Waals surface area contributed by atoms with Crippen molar-refractivity contribution < 1.29 is 4.74 Å². The average Bonchev–Trinajstić information content (AvgIpc) is 2.63. The Bertz CT molecular complexity index is 577. The molecule has 1 aliphatic rings. The maximum Gasteiger partial charge on any atom is 0.125 e. The molecule has 122 valence electrons. The number of benzene rings is 1. The van der Waals surface area contributed by atoms with E-state index in [1.807, 2.05) is 36.5 Å². The van der Waals surface area contributed by atoms with Gasteiger partial charge in [0.05, 0.1) is 7.11 Å². The van der Waals surface area contributed by atoms with E-state index in [1.165, 1.54) is 31.5 Å². The maximum atomic E-state index is 5.21. The van der Waals surface area contributed by atoms with Crippen molar-refractivity contribution in [2.45, 2.75) is 19.4 Å². The highest BCUT2D eigenvalue weighted by Gasteiger charge is 2.19. The molecule has 4 heteroatoms. The Morgan fingerprint density at radius 2 is 1.91 bits per heavy atom. The summed E-state index contributed by atoms with van der Waals surface area (Å²) >= 11 is 0. The maximum absolute atomic E-state index is 5.21. The van der Waals surface area contributed by atoms with Crippen LogP contribution in [0.1, 0.15) is 18.4 Å². The molecule has 2 aromatic rings. The molecule has 0 amide bonds. The fraction of sp³-hybridized carbons (Fsp3) is 0.421. The smallest absolute Gasteiger partial charge is 0.125 e. The number of aromatic nitrogens is 1. The van der Waals surface area contributed by atoms with Crippen LogP contribution < -0.4 is 10.1 Å². The van der Waals surface area contributed by atoms with Gasteiger partial charge in [-0.1, -0.05) is 18.2 Å². The number of methoxy groups -OCH3 is 1. The predicted octanol–water partition coefficient (Wildman–Crippen LogP) is 3.41. The van der Waals surface area contributed by atoms with Crippen LogP contribution in [-0.2, 0) is 6.54 Å². The van der Waals surface area contributed by atoms with Crippen LogP contribution in [0.2, 0.25) is 0 Å². The number of rotatable bonds is 6. The minimum Gasteiger partial charge on any atom is -0.497 e. The van der Waals surface area contributed by atoms with E-state index in [-0.39, 0.29) is 0 Å². The molecule has 0 atom stereocenters. The van der Waals surface area contributed by atoms with Crippen LogP contribution >= 0.6 is 0 Å². The Morgan fingerprint density at radius 1 is 1.13 bits per heavy atom. The summed E-state index contributed by atoms with van der Waals surface area (Å²) in [5, 5.41) is 3.45. The highest BCUT2D eigenvalue weighted by molar-refractivity contribution is 5.33. The molecule has 1 aliphatic heterocycles. The first-order valence-electron chi connectivity index (χ1n) is 8.33. The van der Waals surface area contributed by atoms with E-state index in [9.17, 15) is 0 Å².